The van der Waals surface area contributed by atoms with E-state index in [0.717, 1.165) is 16.0 Å². The van der Waals surface area contributed by atoms with Crippen molar-refractivity contribution in [2.45, 2.75) is 49.2 Å². The lowest BCUT2D eigenvalue weighted by atomic mass is 10.1. The fourth-order valence-electron chi connectivity index (χ4n) is 4.36. The molecule has 236 valence electrons. The van der Waals surface area contributed by atoms with Crippen molar-refractivity contribution in [1.29, 1.82) is 0 Å². The summed E-state index contributed by atoms with van der Waals surface area (Å²) in [6.45, 7) is 1.70. The van der Waals surface area contributed by atoms with Crippen LogP contribution in [0.1, 0.15) is 37.3 Å². The van der Waals surface area contributed by atoms with Crippen LogP contribution in [-0.4, -0.2) is 62.9 Å². The van der Waals surface area contributed by atoms with Crippen LogP contribution in [0.2, 0.25) is 0 Å². The van der Waals surface area contributed by atoms with Gasteiger partial charge in [0.25, 0.3) is 5.91 Å². The van der Waals surface area contributed by atoms with Crippen LogP contribution in [0.25, 0.3) is 0 Å². The Bertz CT molecular complexity index is 1450. The van der Waals surface area contributed by atoms with E-state index in [2.05, 4.69) is 17.2 Å². The van der Waals surface area contributed by atoms with E-state index in [9.17, 15) is 28.6 Å². The van der Waals surface area contributed by atoms with Crippen molar-refractivity contribution in [3.05, 3.63) is 96.1 Å². The van der Waals surface area contributed by atoms with E-state index in [4.69, 9.17) is 4.74 Å². The van der Waals surface area contributed by atoms with E-state index in [1.807, 2.05) is 12.1 Å². The van der Waals surface area contributed by atoms with Crippen molar-refractivity contribution in [3.8, 4) is 17.6 Å². The summed E-state index contributed by atoms with van der Waals surface area (Å²) in [4.78, 5) is 52.7. The topological polar surface area (TPSA) is 142 Å². The van der Waals surface area contributed by atoms with Gasteiger partial charge >= 0.3 is 0 Å². The van der Waals surface area contributed by atoms with Gasteiger partial charge in [0, 0.05) is 11.4 Å². The van der Waals surface area contributed by atoms with Gasteiger partial charge in [-0.1, -0.05) is 66.6 Å². The van der Waals surface area contributed by atoms with Gasteiger partial charge in [-0.25, -0.2) is 5.48 Å². The maximum absolute atomic E-state index is 13.1. The summed E-state index contributed by atoms with van der Waals surface area (Å²) >= 11 is 0. The Hall–Kier alpha value is -4.79. The van der Waals surface area contributed by atoms with Gasteiger partial charge in [-0.3, -0.25) is 33.5 Å². The molecular weight excluding hydrogens is 594 g/mol. The Kier molecular flexibility index (Phi) is 14.5. The molecule has 3 rings (SSSR count). The first-order valence-electron chi connectivity index (χ1n) is 14.5. The second-order valence-electron chi connectivity index (χ2n) is 9.99. The number of imide groups is 1. The number of hydrogen-bond acceptors (Lipinski definition) is 7. The predicted octanol–water partition coefficient (Wildman–Crippen LogP) is 3.20. The number of amides is 4. The molecule has 0 spiro atoms. The third-order valence-electron chi connectivity index (χ3n) is 6.72. The number of nitrogens with zero attached hydrogens (tertiary/aromatic N) is 1. The quantitative estimate of drug-likeness (QED) is 0.0954. The highest BCUT2D eigenvalue weighted by Crippen LogP contribution is 2.20. The predicted molar refractivity (Wildman–Crippen MR) is 169 cm³/mol. The van der Waals surface area contributed by atoms with Crippen LogP contribution >= 0.6 is 0 Å². The van der Waals surface area contributed by atoms with Crippen LogP contribution in [0.15, 0.2) is 89.8 Å². The lowest BCUT2D eigenvalue weighted by molar-refractivity contribution is -0.147. The third-order valence-corrected chi connectivity index (χ3v) is 8.42. The highest BCUT2D eigenvalue weighted by atomic mass is 32.2. The molecule has 45 heavy (non-hydrogen) atoms. The molecule has 0 aliphatic rings. The molecule has 11 heteroatoms. The lowest BCUT2D eigenvalue weighted by Crippen LogP contribution is -2.45. The Labute approximate surface area is 265 Å². The van der Waals surface area contributed by atoms with Gasteiger partial charge in [-0.15, -0.1) is 5.92 Å². The van der Waals surface area contributed by atoms with Crippen LogP contribution in [0.5, 0.6) is 5.75 Å². The first-order chi connectivity index (χ1) is 21.8. The minimum atomic E-state index is -1.76. The number of carbonyl (C=O) groups excluding carboxylic acids is 4. The second-order valence-corrected chi connectivity index (χ2v) is 11.6. The summed E-state index contributed by atoms with van der Waals surface area (Å²) in [7, 11) is -1.76. The number of benzene rings is 3. The molecule has 4 amide bonds. The van der Waals surface area contributed by atoms with Crippen LogP contribution in [0.3, 0.4) is 0 Å². The van der Waals surface area contributed by atoms with Gasteiger partial charge in [0.2, 0.25) is 17.7 Å². The Morgan fingerprint density at radius 3 is 1.98 bits per heavy atom. The van der Waals surface area contributed by atoms with Crippen LogP contribution in [0.4, 0.5) is 0 Å². The first kappa shape index (κ1) is 34.7. The average molecular weight is 632 g/mol. The molecule has 0 saturated heterocycles. The molecule has 10 nitrogen and oxygen atoms in total. The fourth-order valence-corrected chi connectivity index (χ4v) is 5.72. The smallest absolute Gasteiger partial charge is 0.259 e. The molecule has 3 N–H and O–H groups in total. The molecule has 0 aliphatic heterocycles. The van der Waals surface area contributed by atoms with E-state index in [0.29, 0.717) is 23.5 Å². The number of ether oxygens (including phenoxy) is 1. The summed E-state index contributed by atoms with van der Waals surface area (Å²) in [6.07, 6.45) is 0.965. The summed E-state index contributed by atoms with van der Waals surface area (Å²) in [5, 5.41) is 10.9. The summed E-state index contributed by atoms with van der Waals surface area (Å²) in [5.41, 5.74) is 3.04. The first-order valence-corrected chi connectivity index (χ1v) is 15.7. The Morgan fingerprint density at radius 1 is 0.867 bits per heavy atom. The zero-order valence-corrected chi connectivity index (χ0v) is 25.9. The average Bonchev–Trinajstić information content (AvgIpc) is 3.06. The number of hydrogen-bond donors (Lipinski definition) is 3. The maximum atomic E-state index is 13.1. The van der Waals surface area contributed by atoms with Gasteiger partial charge in [-0.2, -0.15) is 0 Å². The summed E-state index contributed by atoms with van der Waals surface area (Å²) in [5.74, 6) is 3.81. The van der Waals surface area contributed by atoms with Crippen LogP contribution in [0, 0.1) is 11.8 Å². The highest BCUT2D eigenvalue weighted by molar-refractivity contribution is 7.86. The molecule has 3 aromatic carbocycles. The van der Waals surface area contributed by atoms with Crippen LogP contribution < -0.4 is 15.5 Å². The fraction of sp³-hybridized carbons (Fsp3) is 0.294. The molecule has 0 saturated carbocycles. The molecule has 0 heterocycles. The lowest BCUT2D eigenvalue weighted by Gasteiger charge is -2.21. The number of carbonyl (C=O) groups is 4. The number of unbranched alkanes of at least 4 members (excludes halogenated alkanes) is 1. The van der Waals surface area contributed by atoms with Gasteiger partial charge < -0.3 is 10.1 Å². The monoisotopic (exact) mass is 631 g/mol. The largest absolute Gasteiger partial charge is 0.481 e. The molecule has 0 radical (unpaired) electrons. The molecule has 0 aliphatic carbocycles. The zero-order chi connectivity index (χ0) is 32.4. The Morgan fingerprint density at radius 2 is 1.44 bits per heavy atom. The standard InChI is InChI=1S/C34H37N3O7S/c1-2-3-22-44-28-17-19-29(20-18-28)45(43)30(34(41)36-42)16-10-11-21-35-31(38)25-37(32(39)23-26-12-6-4-7-13-26)33(40)24-27-14-8-5-9-15-27/h4-9,12-15,17-20,30,42H,10-11,16,21-25H2,1H3,(H,35,38)(H,36,41). The summed E-state index contributed by atoms with van der Waals surface area (Å²) in [6, 6.07) is 24.4. The minimum Gasteiger partial charge on any atom is -0.481 e. The van der Waals surface area contributed by atoms with Gasteiger partial charge in [0.15, 0.2) is 0 Å². The maximum Gasteiger partial charge on any atom is 0.259 e. The van der Waals surface area contributed by atoms with Crippen molar-refractivity contribution in [1.82, 2.24) is 15.7 Å². The van der Waals surface area contributed by atoms with Crippen molar-refractivity contribution in [2.24, 2.45) is 0 Å². The molecule has 3 aromatic rings. The Balaban J connectivity index is 1.53. The van der Waals surface area contributed by atoms with Crippen molar-refractivity contribution >= 4 is 34.4 Å². The number of rotatable bonds is 16. The van der Waals surface area contributed by atoms with E-state index in [1.165, 1.54) is 0 Å². The normalized spacial score (nSPS) is 11.7. The van der Waals surface area contributed by atoms with Crippen LogP contribution in [-0.2, 0) is 42.8 Å². The summed E-state index contributed by atoms with van der Waals surface area (Å²) < 4.78 is 18.6. The van der Waals surface area contributed by atoms with Crippen molar-refractivity contribution in [2.75, 3.05) is 19.7 Å². The van der Waals surface area contributed by atoms with E-state index >= 15 is 0 Å². The van der Waals surface area contributed by atoms with Gasteiger partial charge in [0.05, 0.1) is 23.6 Å². The molecular formula is C34H37N3O7S. The molecule has 0 fully saturated rings. The van der Waals surface area contributed by atoms with Gasteiger partial charge in [-0.05, 0) is 61.6 Å². The van der Waals surface area contributed by atoms with E-state index in [-0.39, 0.29) is 32.4 Å². The second kappa shape index (κ2) is 18.8. The third kappa shape index (κ3) is 11.7. The minimum absolute atomic E-state index is 0.0244. The molecule has 0 aromatic heterocycles. The SMILES string of the molecule is CC#CCOc1ccc(S(=O)C(CCCCNC(=O)CN(C(=O)Cc2ccccc2)C(=O)Cc2ccccc2)C(=O)NO)cc1. The number of hydroxylamine groups is 1. The van der Waals surface area contributed by atoms with E-state index < -0.39 is 46.2 Å². The van der Waals surface area contributed by atoms with Crippen molar-refractivity contribution < 1.29 is 33.3 Å². The number of nitrogens with one attached hydrogen (secondary N) is 2. The molecule has 2 atom stereocenters. The zero-order valence-electron chi connectivity index (χ0n) is 25.1. The highest BCUT2D eigenvalue weighted by Gasteiger charge is 2.27. The molecule has 0 bridgehead atoms. The van der Waals surface area contributed by atoms with Gasteiger partial charge in [0.1, 0.15) is 24.2 Å². The van der Waals surface area contributed by atoms with Crippen molar-refractivity contribution in [3.63, 3.8) is 0 Å². The molecule has 2 unspecified atom stereocenters. The van der Waals surface area contributed by atoms with E-state index in [1.54, 1.807) is 85.2 Å².